The van der Waals surface area contributed by atoms with Crippen LogP contribution in [0, 0.1) is 66.0 Å². The molecule has 4 aliphatic rings. The largest absolute Gasteiger partial charge is 1.00 e. The van der Waals surface area contributed by atoms with Crippen LogP contribution in [0.25, 0.3) is 0 Å². The first-order valence-electron chi connectivity index (χ1n) is 41.4. The van der Waals surface area contributed by atoms with Crippen LogP contribution in [-0.4, -0.2) is 218 Å². The quantitative estimate of drug-likeness (QED) is 0.163. The monoisotopic (exact) mass is 1610 g/mol. The minimum absolute atomic E-state index is 0. The van der Waals surface area contributed by atoms with Crippen molar-refractivity contribution in [2.24, 2.45) is 66.0 Å². The Hall–Kier alpha value is -4.28. The van der Waals surface area contributed by atoms with Gasteiger partial charge in [0.15, 0.2) is 11.6 Å². The summed E-state index contributed by atoms with van der Waals surface area (Å²) in [6.07, 6.45) is 8.71. The van der Waals surface area contributed by atoms with E-state index in [0.717, 1.165) is 89.9 Å². The molecule has 4 aliphatic heterocycles. The van der Waals surface area contributed by atoms with Crippen LogP contribution < -0.4 is 40.2 Å². The van der Waals surface area contributed by atoms with E-state index in [2.05, 4.69) is 58.2 Å². The summed E-state index contributed by atoms with van der Waals surface area (Å²) < 4.78 is 5.07. The number of hydrogen-bond donors (Lipinski definition) is 2. The van der Waals surface area contributed by atoms with Gasteiger partial charge < -0.3 is 50.2 Å². The van der Waals surface area contributed by atoms with E-state index in [9.17, 15) is 47.9 Å². The number of alkyl carbamates (subject to hydrolysis) is 1. The van der Waals surface area contributed by atoms with Crippen LogP contribution >= 0.6 is 0 Å². The summed E-state index contributed by atoms with van der Waals surface area (Å²) in [4.78, 5) is 129. The fourth-order valence-corrected chi connectivity index (χ4v) is 11.2. The third-order valence-corrected chi connectivity index (χ3v) is 18.5. The van der Waals surface area contributed by atoms with Crippen molar-refractivity contribution in [2.75, 3.05) is 107 Å². The van der Waals surface area contributed by atoms with Crippen molar-refractivity contribution in [3.8, 4) is 0 Å². The first-order chi connectivity index (χ1) is 49.5. The van der Waals surface area contributed by atoms with E-state index in [1.165, 1.54) is 45.2 Å². The van der Waals surface area contributed by atoms with E-state index in [1.807, 2.05) is 262 Å². The number of piperidine rings is 3. The third-order valence-electron chi connectivity index (χ3n) is 18.5. The number of benzene rings is 1. The summed E-state index contributed by atoms with van der Waals surface area (Å²) in [5.41, 5.74) is -2.05. The van der Waals surface area contributed by atoms with Crippen molar-refractivity contribution in [3.05, 3.63) is 35.9 Å². The van der Waals surface area contributed by atoms with Gasteiger partial charge in [-0.1, -0.05) is 258 Å². The van der Waals surface area contributed by atoms with Crippen LogP contribution in [0.4, 0.5) is 4.79 Å². The molecule has 1 atom stereocenters. The maximum atomic E-state index is 12.2. The molecule has 4 heterocycles. The van der Waals surface area contributed by atoms with Crippen LogP contribution in [0.2, 0.25) is 0 Å². The Balaban J connectivity index is -0.000000287. The Labute approximate surface area is 715 Å². The second kappa shape index (κ2) is 52.6. The summed E-state index contributed by atoms with van der Waals surface area (Å²) in [5, 5.41) is 5.41. The number of Topliss-reactive ketones (excluding diaryl/α,β-unsaturated/α-hetero) is 6. The van der Waals surface area contributed by atoms with Crippen molar-refractivity contribution in [1.29, 1.82) is 0 Å². The fraction of sp³-hybridized carbons (Fsp3) is 0.826. The molecule has 4 amide bonds. The van der Waals surface area contributed by atoms with Gasteiger partial charge in [0.05, 0.1) is 6.04 Å². The van der Waals surface area contributed by atoms with Crippen molar-refractivity contribution >= 4 is 58.5 Å². The van der Waals surface area contributed by atoms with Crippen LogP contribution in [0.15, 0.2) is 30.3 Å². The molecule has 4 fully saturated rings. The van der Waals surface area contributed by atoms with E-state index in [-0.39, 0.29) is 113 Å². The molecule has 1 aromatic carbocycles. The zero-order valence-corrected chi connectivity index (χ0v) is 83.0. The zero-order valence-electron chi connectivity index (χ0n) is 81.0. The predicted octanol–water partition coefficient (Wildman–Crippen LogP) is 15.1. The minimum atomic E-state index is -0.558. The molecular weight excluding hydrogens is 1430 g/mol. The molecule has 0 aliphatic carbocycles. The van der Waals surface area contributed by atoms with Gasteiger partial charge in [-0.15, -0.1) is 0 Å². The average molecular weight is 1610 g/mol. The Kier molecular flexibility index (Phi) is 55.7. The van der Waals surface area contributed by atoms with E-state index in [0.29, 0.717) is 41.5 Å². The number of amides is 4. The van der Waals surface area contributed by atoms with Gasteiger partial charge in [-0.3, -0.25) is 43.2 Å². The third kappa shape index (κ3) is 57.5. The van der Waals surface area contributed by atoms with Gasteiger partial charge in [0.2, 0.25) is 17.7 Å². The Morgan fingerprint density at radius 3 is 1.15 bits per heavy atom. The number of nitrogens with zero attached hydrogens (tertiary/aromatic N) is 6. The van der Waals surface area contributed by atoms with Gasteiger partial charge >= 0.3 is 35.7 Å². The molecule has 4 saturated heterocycles. The van der Waals surface area contributed by atoms with Crippen molar-refractivity contribution in [1.82, 2.24) is 40.0 Å². The number of likely N-dealkylation sites (tertiary alicyclic amines) is 3. The van der Waals surface area contributed by atoms with E-state index in [4.69, 9.17) is 4.74 Å². The number of nitrogens with one attached hydrogen (secondary N) is 2. The zero-order chi connectivity index (χ0) is 88.4. The normalized spacial score (nSPS) is 16.2. The number of carbonyl (C=O) groups is 10. The molecule has 20 nitrogen and oxygen atoms in total. The number of ether oxygens (including phenoxy) is 1. The summed E-state index contributed by atoms with van der Waals surface area (Å²) in [5.74, 6) is 3.07. The molecule has 0 radical (unpaired) electrons. The molecule has 0 unspecified atom stereocenters. The van der Waals surface area contributed by atoms with E-state index in [1.54, 1.807) is 34.6 Å². The average Bonchev–Trinajstić information content (AvgIpc) is 0.821. The molecule has 0 spiro atoms. The molecule has 21 heteroatoms. The molecule has 0 aromatic heterocycles. The molecule has 0 saturated carbocycles. The first kappa shape index (κ1) is 120. The second-order valence-electron chi connectivity index (χ2n) is 43.1. The molecule has 5 rings (SSSR count). The van der Waals surface area contributed by atoms with Crippen molar-refractivity contribution < 1.29 is 87.7 Å². The van der Waals surface area contributed by atoms with Crippen LogP contribution in [-0.2, 0) is 43.1 Å². The smallest absolute Gasteiger partial charge is 0.870 e. The molecule has 1 aromatic rings. The summed E-state index contributed by atoms with van der Waals surface area (Å²) >= 11 is 0. The van der Waals surface area contributed by atoms with Gasteiger partial charge in [-0.2, -0.15) is 0 Å². The molecule has 656 valence electrons. The molecular formula is C92H175N8NaO12. The van der Waals surface area contributed by atoms with Gasteiger partial charge in [0.1, 0.15) is 28.7 Å². The standard InChI is InChI=1S/C15H28N2O.C12H23NO3.C11H21NO.C11H14O.C10H20N2O.C9H20N2O.2C9H18O.C6H12O.Na.H2O/c1-15(2,3)14(18)17-11-7-13(8-12-17)16-9-5-4-6-10-16;1-8(9(14)11(2,3)4)13-10(15)16-12(5,6)7;1-11(2,3)10(13)9-5-7-12(4)8-6-9;1-11(2,3)10(12)9-7-5-4-6-8-9;1-10(2,3)9(13)12-7-5-11(4)6-8-12;1-9(2,3)8(12)10-6-7-11(4)5;1-8(2,3)7(10)9(4,5)6;1-7(2)6-8(10)9(3,4)5;1-5(7)6(2,3)4;;/h13H,4-12H2,1-3H3;8H,1-7H3,(H,13,15);9H,5-8H2,1-4H3;4-8H,1-3H3;5-8H2,1-4H3;6-7H2,1-5H3,(H,10,12);1-6H3;7H,6H2,1-5H3;1-4H3;;1H2/q;;;;;;;;;+1;/p-1/t;8-;;;;;;;;;/m.0........./s1. The van der Waals surface area contributed by atoms with Crippen LogP contribution in [0.5, 0.6) is 0 Å². The van der Waals surface area contributed by atoms with Gasteiger partial charge in [-0.05, 0) is 133 Å². The number of piperazine rings is 1. The van der Waals surface area contributed by atoms with Crippen LogP contribution in [0.1, 0.15) is 318 Å². The minimum Gasteiger partial charge on any atom is -0.870 e. The predicted molar refractivity (Wildman–Crippen MR) is 467 cm³/mol. The maximum absolute atomic E-state index is 12.2. The second-order valence-corrected chi connectivity index (χ2v) is 43.1. The number of hydrogen-bond acceptors (Lipinski definition) is 16. The number of rotatable bonds is 10. The summed E-state index contributed by atoms with van der Waals surface area (Å²) in [7, 11) is 8.20. The summed E-state index contributed by atoms with van der Waals surface area (Å²) in [6, 6.07) is 9.60. The Bertz CT molecular complexity index is 2850. The number of likely N-dealkylation sites (N-methyl/N-ethyl adjacent to an activating group) is 2. The van der Waals surface area contributed by atoms with Crippen molar-refractivity contribution in [2.45, 2.75) is 325 Å². The van der Waals surface area contributed by atoms with E-state index >= 15 is 0 Å². The molecule has 0 bridgehead atoms. The first-order valence-corrected chi connectivity index (χ1v) is 41.4. The SMILES string of the molecule is CC(=O)C(C)(C)C.CC(C)(C)C(=O)C(C)(C)C.CC(C)(C)C(=O)N1CCC(N2CCCCC2)CC1.CC(C)(C)C(=O)c1ccccc1.CC(C)CC(=O)C(C)(C)C.CN(C)CCNC(=O)C(C)(C)C.CN1CCC(C(=O)C(C)(C)C)CC1.CN1CCN(C(=O)C(C)(C)C)CC1.C[C@H](NC(=O)OC(C)(C)C)C(=O)C(C)(C)C.[Na+].[OH-]. The molecule has 113 heavy (non-hydrogen) atoms. The molecule has 3 N–H and O–H groups in total. The van der Waals surface area contributed by atoms with Crippen LogP contribution in [0.3, 0.4) is 0 Å². The fourth-order valence-electron chi connectivity index (χ4n) is 11.2. The van der Waals surface area contributed by atoms with E-state index < -0.39 is 23.2 Å². The maximum Gasteiger partial charge on any atom is 1.00 e. The van der Waals surface area contributed by atoms with Crippen molar-refractivity contribution in [3.63, 3.8) is 0 Å². The number of carbonyl (C=O) groups excluding carboxylic acids is 10. The summed E-state index contributed by atoms with van der Waals surface area (Å²) in [6.45, 7) is 83.2. The Morgan fingerprint density at radius 2 is 0.858 bits per heavy atom. The number of ketones is 6. The Morgan fingerprint density at radius 1 is 0.469 bits per heavy atom. The topological polar surface area (TPSA) is 253 Å². The van der Waals surface area contributed by atoms with Gasteiger partial charge in [0, 0.05) is 130 Å². The van der Waals surface area contributed by atoms with Gasteiger partial charge in [-0.25, -0.2) is 4.79 Å². The van der Waals surface area contributed by atoms with Gasteiger partial charge in [0.25, 0.3) is 0 Å².